The molecule has 0 fully saturated rings. The number of aromatic hydroxyl groups is 1. The number of aliphatic hydroxyl groups excluding tert-OH is 1. The van der Waals surface area contributed by atoms with Crippen LogP contribution in [0.1, 0.15) is 19.4 Å². The lowest BCUT2D eigenvalue weighted by molar-refractivity contribution is 0.0980. The molecular weight excluding hydrogens is 562 g/mol. The van der Waals surface area contributed by atoms with E-state index in [0.29, 0.717) is 0 Å². The number of phenolic OH excluding ortho intramolecular Hbond substituents is 1. The van der Waals surface area contributed by atoms with Crippen LogP contribution in [0.25, 0.3) is 0 Å². The highest BCUT2D eigenvalue weighted by atomic mass is 32.2. The van der Waals surface area contributed by atoms with Gasteiger partial charge in [0.15, 0.2) is 5.03 Å². The second-order valence-corrected chi connectivity index (χ2v) is 13.3. The summed E-state index contributed by atoms with van der Waals surface area (Å²) in [5.74, 6) is -0.691. The number of imidazole rings is 1. The fraction of sp³-hybridized carbons (Fsp3) is 0.360. The predicted molar refractivity (Wildman–Crippen MR) is 147 cm³/mol. The van der Waals surface area contributed by atoms with Crippen LogP contribution in [0, 0.1) is 5.92 Å². The van der Waals surface area contributed by atoms with Gasteiger partial charge in [0.25, 0.3) is 10.0 Å². The third-order valence-electron chi connectivity index (χ3n) is 5.84. The number of nitrogens with one attached hydrogen (secondary N) is 2. The fourth-order valence-corrected chi connectivity index (χ4v) is 6.65. The molecule has 0 bridgehead atoms. The average Bonchev–Trinajstić information content (AvgIpc) is 3.31. The zero-order valence-corrected chi connectivity index (χ0v) is 23.8. The zero-order valence-electron chi connectivity index (χ0n) is 22.2. The molecule has 0 saturated heterocycles. The molecule has 0 spiro atoms. The molecule has 15 heteroatoms. The van der Waals surface area contributed by atoms with Crippen LogP contribution in [0.15, 0.2) is 71.0 Å². The maximum absolute atomic E-state index is 13.7. The number of sulfonamides is 2. The third kappa shape index (κ3) is 7.94. The van der Waals surface area contributed by atoms with Gasteiger partial charge < -0.3 is 25.2 Å². The van der Waals surface area contributed by atoms with E-state index in [1.165, 1.54) is 17.1 Å². The average molecular weight is 596 g/mol. The van der Waals surface area contributed by atoms with E-state index in [9.17, 15) is 36.9 Å². The molecule has 2 atom stereocenters. The molecule has 0 radical (unpaired) electrons. The van der Waals surface area contributed by atoms with Gasteiger partial charge in [0.2, 0.25) is 10.0 Å². The quantitative estimate of drug-likeness (QED) is 0.183. The molecule has 1 amide bonds. The van der Waals surface area contributed by atoms with Crippen molar-refractivity contribution in [3.8, 4) is 5.75 Å². The fourth-order valence-electron chi connectivity index (χ4n) is 3.95. The Labute approximate surface area is 233 Å². The van der Waals surface area contributed by atoms with Crippen LogP contribution in [0.2, 0.25) is 0 Å². The Kier molecular flexibility index (Phi) is 9.78. The van der Waals surface area contributed by atoms with Gasteiger partial charge >= 0.3 is 6.09 Å². The molecule has 13 nitrogen and oxygen atoms in total. The van der Waals surface area contributed by atoms with E-state index in [1.807, 2.05) is 0 Å². The van der Waals surface area contributed by atoms with Crippen LogP contribution in [0.3, 0.4) is 0 Å². The van der Waals surface area contributed by atoms with Gasteiger partial charge in [-0.3, -0.25) is 4.72 Å². The van der Waals surface area contributed by atoms with Crippen molar-refractivity contribution in [3.63, 3.8) is 0 Å². The molecule has 1 heterocycles. The maximum atomic E-state index is 13.7. The SMILES string of the molecule is CC(C)CN(C[C@H](O)[C@H](Cc1ccccc1)NC(=O)O)S(=O)(=O)c1ccc(O)c(NS(=O)(=O)c2cn(C)cn2)c1. The number of phenols is 1. The first-order valence-corrected chi connectivity index (χ1v) is 15.2. The number of aryl methyl sites for hydroxylation is 1. The van der Waals surface area contributed by atoms with E-state index in [2.05, 4.69) is 15.0 Å². The lowest BCUT2D eigenvalue weighted by atomic mass is 10.0. The Bertz CT molecular complexity index is 1530. The Morgan fingerprint density at radius 1 is 1.07 bits per heavy atom. The molecule has 1 aromatic heterocycles. The number of benzene rings is 2. The molecule has 0 aliphatic rings. The second-order valence-electron chi connectivity index (χ2n) is 9.69. The van der Waals surface area contributed by atoms with Crippen molar-refractivity contribution in [1.29, 1.82) is 0 Å². The van der Waals surface area contributed by atoms with Crippen LogP contribution < -0.4 is 10.0 Å². The molecule has 0 aliphatic carbocycles. The number of amides is 1. The highest BCUT2D eigenvalue weighted by molar-refractivity contribution is 7.92. The minimum Gasteiger partial charge on any atom is -0.506 e. The van der Waals surface area contributed by atoms with Gasteiger partial charge in [-0.05, 0) is 36.1 Å². The van der Waals surface area contributed by atoms with E-state index >= 15 is 0 Å². The largest absolute Gasteiger partial charge is 0.506 e. The van der Waals surface area contributed by atoms with E-state index in [4.69, 9.17) is 0 Å². The molecule has 5 N–H and O–H groups in total. The van der Waals surface area contributed by atoms with Crippen molar-refractivity contribution >= 4 is 31.8 Å². The van der Waals surface area contributed by atoms with Gasteiger partial charge in [-0.15, -0.1) is 0 Å². The summed E-state index contributed by atoms with van der Waals surface area (Å²) in [5, 5.41) is 32.6. The first kappa shape index (κ1) is 30.9. The summed E-state index contributed by atoms with van der Waals surface area (Å²) in [6.45, 7) is 3.07. The number of aliphatic hydroxyl groups is 1. The van der Waals surface area contributed by atoms with Crippen molar-refractivity contribution in [3.05, 3.63) is 66.6 Å². The monoisotopic (exact) mass is 595 g/mol. The molecule has 40 heavy (non-hydrogen) atoms. The standard InChI is InChI=1S/C25H33N5O8S2/c1-17(2)13-30(14-23(32)20(27-25(33)34)11-18-7-5-4-6-8-18)40(37,38)19-9-10-22(31)21(12-19)28-39(35,36)24-15-29(3)16-26-24/h4-10,12,15-17,20,23,27-28,31-32H,11,13-14H2,1-3H3,(H,33,34)/t20-,23-/m0/s1. The van der Waals surface area contributed by atoms with Crippen molar-refractivity contribution in [2.75, 3.05) is 17.8 Å². The Morgan fingerprint density at radius 3 is 2.33 bits per heavy atom. The molecule has 0 saturated carbocycles. The lowest BCUT2D eigenvalue weighted by Crippen LogP contribution is -2.50. The van der Waals surface area contributed by atoms with Crippen LogP contribution in [-0.2, 0) is 33.5 Å². The molecular formula is C25H33N5O8S2. The molecule has 3 aromatic rings. The van der Waals surface area contributed by atoms with Crippen molar-refractivity contribution in [2.24, 2.45) is 13.0 Å². The topological polar surface area (TPSA) is 191 Å². The highest BCUT2D eigenvalue weighted by Crippen LogP contribution is 2.30. The van der Waals surface area contributed by atoms with Gasteiger partial charge in [0.1, 0.15) is 5.75 Å². The van der Waals surface area contributed by atoms with Gasteiger partial charge in [-0.2, -0.15) is 12.7 Å². The summed E-state index contributed by atoms with van der Waals surface area (Å²) in [6.07, 6.45) is -0.175. The number of nitrogens with zero attached hydrogens (tertiary/aromatic N) is 3. The molecule has 2 aromatic carbocycles. The normalized spacial score (nSPS) is 13.8. The minimum atomic E-state index is -4.35. The molecule has 218 valence electrons. The van der Waals surface area contributed by atoms with Crippen LogP contribution in [0.4, 0.5) is 10.5 Å². The Balaban J connectivity index is 1.91. The van der Waals surface area contributed by atoms with E-state index in [0.717, 1.165) is 28.1 Å². The summed E-state index contributed by atoms with van der Waals surface area (Å²) in [7, 11) is -7.02. The smallest absolute Gasteiger partial charge is 0.404 e. The highest BCUT2D eigenvalue weighted by Gasteiger charge is 2.32. The minimum absolute atomic E-state index is 0.0274. The summed E-state index contributed by atoms with van der Waals surface area (Å²) in [5.41, 5.74) is 0.355. The van der Waals surface area contributed by atoms with Crippen LogP contribution >= 0.6 is 0 Å². The lowest BCUT2D eigenvalue weighted by Gasteiger charge is -2.30. The summed E-state index contributed by atoms with van der Waals surface area (Å²) < 4.78 is 57.4. The molecule has 0 aliphatic heterocycles. The number of carbonyl (C=O) groups is 1. The number of carboxylic acid groups (broad SMARTS) is 1. The first-order valence-electron chi connectivity index (χ1n) is 12.2. The van der Waals surface area contributed by atoms with E-state index in [1.54, 1.807) is 51.2 Å². The number of anilines is 1. The first-order chi connectivity index (χ1) is 18.7. The van der Waals surface area contributed by atoms with Crippen LogP contribution in [-0.4, -0.2) is 77.3 Å². The molecule has 0 unspecified atom stereocenters. The van der Waals surface area contributed by atoms with Gasteiger partial charge in [-0.25, -0.2) is 18.2 Å². The summed E-state index contributed by atoms with van der Waals surface area (Å²) in [6, 6.07) is 10.9. The zero-order chi connectivity index (χ0) is 29.7. The van der Waals surface area contributed by atoms with Crippen molar-refractivity contribution in [2.45, 2.75) is 42.3 Å². The predicted octanol–water partition coefficient (Wildman–Crippen LogP) is 1.81. The van der Waals surface area contributed by atoms with Crippen molar-refractivity contribution < 1.29 is 36.9 Å². The van der Waals surface area contributed by atoms with E-state index < -0.39 is 50.6 Å². The third-order valence-corrected chi connectivity index (χ3v) is 8.92. The number of hydrogen-bond acceptors (Lipinski definition) is 8. The van der Waals surface area contributed by atoms with Crippen LogP contribution in [0.5, 0.6) is 5.75 Å². The second kappa shape index (κ2) is 12.7. The Morgan fingerprint density at radius 2 is 1.75 bits per heavy atom. The van der Waals surface area contributed by atoms with E-state index in [-0.39, 0.29) is 34.5 Å². The van der Waals surface area contributed by atoms with Crippen molar-refractivity contribution in [1.82, 2.24) is 19.2 Å². The Hall–Kier alpha value is -3.66. The summed E-state index contributed by atoms with van der Waals surface area (Å²) in [4.78, 5) is 14.9. The summed E-state index contributed by atoms with van der Waals surface area (Å²) >= 11 is 0. The number of hydrogen-bond donors (Lipinski definition) is 5. The maximum Gasteiger partial charge on any atom is 0.404 e. The molecule has 3 rings (SSSR count). The van der Waals surface area contributed by atoms with Gasteiger partial charge in [0, 0.05) is 26.3 Å². The van der Waals surface area contributed by atoms with Gasteiger partial charge in [-0.1, -0.05) is 44.2 Å². The number of aromatic nitrogens is 2. The van der Waals surface area contributed by atoms with Gasteiger partial charge in [0.05, 0.1) is 29.1 Å². The number of rotatable bonds is 13.